The summed E-state index contributed by atoms with van der Waals surface area (Å²) in [6.07, 6.45) is 20.2. The molecule has 0 bridgehead atoms. The third kappa shape index (κ3) is 7.35. The smallest absolute Gasteiger partial charge is 0.310 e. The molecule has 1 saturated heterocycles. The summed E-state index contributed by atoms with van der Waals surface area (Å²) in [6.45, 7) is 23.5. The van der Waals surface area contributed by atoms with Gasteiger partial charge in [-0.2, -0.15) is 0 Å². The predicted molar refractivity (Wildman–Crippen MR) is 240 cm³/mol. The molecule has 6 aliphatic carbocycles. The lowest BCUT2D eigenvalue weighted by Gasteiger charge is -2.72. The molecule has 0 radical (unpaired) electrons. The molecule has 4 saturated carbocycles. The fraction of sp³-hybridized carbons (Fsp3) is 0.755. The number of hydrogen-bond donors (Lipinski definition) is 2. The van der Waals surface area contributed by atoms with Crippen LogP contribution in [0.2, 0.25) is 0 Å². The van der Waals surface area contributed by atoms with Crippen LogP contribution in [0.4, 0.5) is 0 Å². The number of sulfone groups is 1. The number of nitrogens with one attached hydrogen (secondary N) is 1. The van der Waals surface area contributed by atoms with Gasteiger partial charge in [0.1, 0.15) is 0 Å². The molecule has 4 unspecified atom stereocenters. The highest BCUT2D eigenvalue weighted by Gasteiger charge is 2.70. The molecular formula is C49H72BrN3O5S. The quantitative estimate of drug-likeness (QED) is 0.212. The number of allylic oxidation sites excluding steroid dienone is 5. The minimum atomic E-state index is -2.87. The first-order valence-corrected chi connectivity index (χ1v) is 25.6. The Hall–Kier alpha value is -2.01. The number of carboxylic acid groups (broad SMARTS) is 1. The van der Waals surface area contributed by atoms with Gasteiger partial charge in [-0.3, -0.25) is 4.79 Å². The average molecular weight is 895 g/mol. The summed E-state index contributed by atoms with van der Waals surface area (Å²) >= 11 is 3.47. The number of rotatable bonds is 11. The molecule has 1 aromatic rings. The van der Waals surface area contributed by atoms with Gasteiger partial charge in [-0.15, -0.1) is 0 Å². The Bertz CT molecular complexity index is 1980. The summed E-state index contributed by atoms with van der Waals surface area (Å²) in [6, 6.07) is 3.68. The van der Waals surface area contributed by atoms with Crippen LogP contribution in [0.15, 0.2) is 58.3 Å². The SMILES string of the molecule is C=C(C)[C@@H]1CC[C@]2(NCCN3CCS(=O)(=O)CC3)CC[C@]3(C)[C@H](CCC4[C@@]5(C)CC=C(C6=CCC(CCOc7cc(Br)ccn7)(C(=O)O)CC6)C(C)(C)C5CC[C@]43C)C12. The molecule has 326 valence electrons. The number of carbonyl (C=O) groups is 1. The highest BCUT2D eigenvalue weighted by molar-refractivity contribution is 9.10. The monoisotopic (exact) mass is 893 g/mol. The van der Waals surface area contributed by atoms with Crippen molar-refractivity contribution in [1.29, 1.82) is 0 Å². The third-order valence-corrected chi connectivity index (χ3v) is 21.0. The average Bonchev–Trinajstić information content (AvgIpc) is 3.56. The molecular weight excluding hydrogens is 823 g/mol. The van der Waals surface area contributed by atoms with Crippen LogP contribution < -0.4 is 10.1 Å². The number of carboxylic acids is 1. The van der Waals surface area contributed by atoms with Crippen molar-refractivity contribution in [1.82, 2.24) is 15.2 Å². The molecule has 8 nitrogen and oxygen atoms in total. The molecule has 2 heterocycles. The van der Waals surface area contributed by atoms with Gasteiger partial charge in [0.25, 0.3) is 0 Å². The van der Waals surface area contributed by atoms with E-state index in [9.17, 15) is 18.3 Å². The van der Waals surface area contributed by atoms with Crippen molar-refractivity contribution in [2.75, 3.05) is 44.3 Å². The maximum atomic E-state index is 12.8. The fourth-order valence-corrected chi connectivity index (χ4v) is 17.1. The van der Waals surface area contributed by atoms with Crippen LogP contribution in [-0.2, 0) is 14.6 Å². The fourth-order valence-electron chi connectivity index (χ4n) is 15.5. The standard InChI is InChI=1S/C49H72BrN3O5S/c1-33(2)36-12-20-49(52-25-26-53-27-30-59(56,57)31-28-53)22-21-46(6)38(42(36)49)8-9-40-45(5)16-13-37(44(3,4)39(45)14-17-47(40,46)7)34-10-18-48(19-11-34,43(54)55)23-29-58-41-32-35(50)15-24-51-41/h10,13,15,24,32,36,38-40,42,52H,1,8-9,11-12,14,16-23,25-31H2,2-7H3,(H,54,55)/t36-,38+,39?,40?,42?,45-,46+,47+,48?,49-/m0/s1. The third-order valence-electron chi connectivity index (χ3n) is 18.9. The van der Waals surface area contributed by atoms with E-state index in [1.165, 1.54) is 68.1 Å². The van der Waals surface area contributed by atoms with Crippen molar-refractivity contribution in [2.45, 2.75) is 131 Å². The Morgan fingerprint density at radius 1 is 0.983 bits per heavy atom. The van der Waals surface area contributed by atoms with Crippen LogP contribution in [0, 0.1) is 56.7 Å². The lowest BCUT2D eigenvalue weighted by molar-refractivity contribution is -0.221. The Morgan fingerprint density at radius 2 is 1.75 bits per heavy atom. The van der Waals surface area contributed by atoms with Crippen LogP contribution in [0.25, 0.3) is 0 Å². The lowest BCUT2D eigenvalue weighted by Crippen LogP contribution is -2.68. The largest absolute Gasteiger partial charge is 0.481 e. The van der Waals surface area contributed by atoms with Crippen molar-refractivity contribution < 1.29 is 23.1 Å². The molecule has 0 amide bonds. The number of halogens is 1. The van der Waals surface area contributed by atoms with Gasteiger partial charge in [-0.1, -0.05) is 74.9 Å². The maximum Gasteiger partial charge on any atom is 0.310 e. The first-order valence-electron chi connectivity index (χ1n) is 23.0. The van der Waals surface area contributed by atoms with Gasteiger partial charge in [-0.25, -0.2) is 13.4 Å². The number of pyridine rings is 1. The van der Waals surface area contributed by atoms with Gasteiger partial charge in [0, 0.05) is 48.5 Å². The first kappa shape index (κ1) is 43.6. The van der Waals surface area contributed by atoms with Gasteiger partial charge >= 0.3 is 5.97 Å². The molecule has 8 rings (SSSR count). The topological polar surface area (TPSA) is 109 Å². The second kappa shape index (κ2) is 15.7. The molecule has 10 atom stereocenters. The number of ether oxygens (including phenoxy) is 1. The molecule has 5 fully saturated rings. The van der Waals surface area contributed by atoms with Gasteiger partial charge in [0.15, 0.2) is 9.84 Å². The summed E-state index contributed by atoms with van der Waals surface area (Å²) in [5.74, 6) is 3.43. The second-order valence-corrected chi connectivity index (χ2v) is 25.0. The minimum absolute atomic E-state index is 0.0112. The van der Waals surface area contributed by atoms with E-state index in [0.29, 0.717) is 85.9 Å². The van der Waals surface area contributed by atoms with Crippen molar-refractivity contribution in [2.24, 2.45) is 56.7 Å². The zero-order valence-corrected chi connectivity index (χ0v) is 39.3. The minimum Gasteiger partial charge on any atom is -0.481 e. The highest BCUT2D eigenvalue weighted by Crippen LogP contribution is 2.76. The number of nitrogens with zero attached hydrogens (tertiary/aromatic N) is 2. The molecule has 0 spiro atoms. The van der Waals surface area contributed by atoms with Crippen molar-refractivity contribution in [3.63, 3.8) is 0 Å². The normalized spacial score (nSPS) is 41.3. The van der Waals surface area contributed by atoms with E-state index in [2.05, 4.69) is 91.4 Å². The molecule has 7 aliphatic rings. The lowest BCUT2D eigenvalue weighted by atomic mass is 9.33. The zero-order valence-electron chi connectivity index (χ0n) is 36.9. The summed E-state index contributed by atoms with van der Waals surface area (Å²) in [7, 11) is -2.87. The number of aromatic nitrogens is 1. The van der Waals surface area contributed by atoms with Crippen LogP contribution in [-0.4, -0.2) is 79.2 Å². The number of aliphatic carboxylic acids is 1. The molecule has 59 heavy (non-hydrogen) atoms. The molecule has 0 aromatic carbocycles. The number of fused-ring (bicyclic) bond motifs is 7. The molecule has 1 aliphatic heterocycles. The summed E-state index contributed by atoms with van der Waals surface area (Å²) in [4.78, 5) is 19.4. The van der Waals surface area contributed by atoms with E-state index < -0.39 is 21.2 Å². The molecule has 2 N–H and O–H groups in total. The van der Waals surface area contributed by atoms with Gasteiger partial charge in [-0.05, 0) is 159 Å². The van der Waals surface area contributed by atoms with Crippen LogP contribution in [0.1, 0.15) is 125 Å². The van der Waals surface area contributed by atoms with Gasteiger partial charge in [0.2, 0.25) is 5.88 Å². The summed E-state index contributed by atoms with van der Waals surface area (Å²) in [5.41, 5.74) is 4.28. The Labute approximate surface area is 363 Å². The van der Waals surface area contributed by atoms with Crippen LogP contribution in [0.3, 0.4) is 0 Å². The Balaban J connectivity index is 0.991. The van der Waals surface area contributed by atoms with Crippen molar-refractivity contribution in [3.8, 4) is 5.88 Å². The van der Waals surface area contributed by atoms with E-state index >= 15 is 0 Å². The zero-order chi connectivity index (χ0) is 42.2. The Morgan fingerprint density at radius 3 is 2.42 bits per heavy atom. The van der Waals surface area contributed by atoms with E-state index in [0.717, 1.165) is 30.4 Å². The second-order valence-electron chi connectivity index (χ2n) is 21.7. The summed E-state index contributed by atoms with van der Waals surface area (Å²) < 4.78 is 31.0. The summed E-state index contributed by atoms with van der Waals surface area (Å²) in [5, 5.41) is 14.7. The van der Waals surface area contributed by atoms with E-state index in [1.807, 2.05) is 12.1 Å². The van der Waals surface area contributed by atoms with Crippen LogP contribution in [0.5, 0.6) is 5.88 Å². The number of hydrogen-bond acceptors (Lipinski definition) is 7. The first-order chi connectivity index (χ1) is 27.8. The molecule has 10 heteroatoms. The van der Waals surface area contributed by atoms with Crippen molar-refractivity contribution >= 4 is 31.7 Å². The molecule has 1 aromatic heterocycles. The maximum absolute atomic E-state index is 12.8. The van der Waals surface area contributed by atoms with Crippen molar-refractivity contribution in [3.05, 3.63) is 58.3 Å². The van der Waals surface area contributed by atoms with Gasteiger partial charge < -0.3 is 20.1 Å². The van der Waals surface area contributed by atoms with E-state index in [4.69, 9.17) is 4.74 Å². The van der Waals surface area contributed by atoms with E-state index in [-0.39, 0.29) is 27.2 Å². The highest BCUT2D eigenvalue weighted by atomic mass is 79.9. The van der Waals surface area contributed by atoms with Crippen LogP contribution >= 0.6 is 15.9 Å². The van der Waals surface area contributed by atoms with Gasteiger partial charge in [0.05, 0.1) is 23.5 Å². The Kier molecular flexibility index (Phi) is 11.6. The predicted octanol–water partition coefficient (Wildman–Crippen LogP) is 10.1. The van der Waals surface area contributed by atoms with E-state index in [1.54, 1.807) is 6.20 Å².